The van der Waals surface area contributed by atoms with Gasteiger partial charge in [-0.1, -0.05) is 75.1 Å². The molecular weight excluding hydrogens is 1100 g/mol. The number of β-amino-alcohol motifs (C(OH)–C–C–N with tert-alkyl or cyclic N) is 1. The summed E-state index contributed by atoms with van der Waals surface area (Å²) in [7, 11) is -4.25. The van der Waals surface area contributed by atoms with Gasteiger partial charge in [0.2, 0.25) is 23.6 Å². The molecule has 2 aliphatic heterocycles. The number of hydrogen-bond donors (Lipinski definition) is 6. The van der Waals surface area contributed by atoms with Crippen LogP contribution in [0, 0.1) is 45.0 Å². The molecule has 3 aromatic carbocycles. The second-order valence-corrected chi connectivity index (χ2v) is 25.2. The van der Waals surface area contributed by atoms with Gasteiger partial charge in [0.1, 0.15) is 35.6 Å². The van der Waals surface area contributed by atoms with Crippen LogP contribution in [-0.4, -0.2) is 136 Å². The fraction of sp³-hybridized carbons (Fsp3) is 0.424. The Bertz CT molecular complexity index is 3500. The van der Waals surface area contributed by atoms with Crippen LogP contribution in [0.2, 0.25) is 0 Å². The molecule has 1 fully saturated rings. The number of thiophene rings is 1. The third kappa shape index (κ3) is 15.7. The molecule has 0 radical (unpaired) electrons. The number of carbonyl (C=O) groups excluding carboxylic acids is 4. The number of rotatable bonds is 22. The topological polar surface area (TPSA) is 283 Å². The molecule has 5 heterocycles. The molecule has 434 valence electrons. The zero-order valence-corrected chi connectivity index (χ0v) is 49.5. The van der Waals surface area contributed by atoms with E-state index in [0.717, 1.165) is 65.0 Å². The van der Waals surface area contributed by atoms with E-state index < -0.39 is 57.3 Å². The Labute approximate surface area is 486 Å². The Balaban J connectivity index is 0.777. The van der Waals surface area contributed by atoms with Crippen molar-refractivity contribution in [2.24, 2.45) is 10.4 Å². The highest BCUT2D eigenvalue weighted by atomic mass is 32.2. The average Bonchev–Trinajstić information content (AvgIpc) is 4.23. The summed E-state index contributed by atoms with van der Waals surface area (Å²) in [6.07, 6.45) is 0.122. The fourth-order valence-corrected chi connectivity index (χ4v) is 12.2. The lowest BCUT2D eigenvalue weighted by atomic mass is 9.85. The van der Waals surface area contributed by atoms with E-state index in [-0.39, 0.29) is 57.3 Å². The number of aliphatic hydroxyl groups is 1. The number of aryl methyl sites for hydroxylation is 4. The van der Waals surface area contributed by atoms with Crippen LogP contribution in [0.5, 0.6) is 0 Å². The predicted octanol–water partition coefficient (Wildman–Crippen LogP) is 5.92. The number of nitrogens with two attached hydrogens (primary N) is 1. The fourth-order valence-electron chi connectivity index (χ4n) is 9.83. The molecule has 3 aromatic heterocycles. The molecule has 8 rings (SSSR count). The van der Waals surface area contributed by atoms with Gasteiger partial charge in [-0.2, -0.15) is 8.42 Å². The minimum absolute atomic E-state index is 0.0211. The number of aliphatic imine (C=N–C) groups is 1. The standard InChI is InChI=1S/C59H70N10O10S3/c1-35-37(3)81-58-51(35)52(64-47(55-67-66-38(4)69(55)58)31-50(72)61-21-26-82(75,76)77)43-15-10-39(11-16-43)9-8-22-78-24-25-79-23-20-42-27-41(28-45(60)29-42)14-19-49(71)65-54(59(5,6)7)57(74)68-33-46(70)30-48(68)56(73)62-32-40-12-17-44(18-13-40)53-36(2)63-34-80-53/h10-13,15-18,27-29,34,46-48,54,70H,14,19-26,30-33,60H2,1-7H3,(H,61,72)(H,62,73)(H,65,71)(H,75,76,77)/t46-,47+,48+,54-/m1/s1. The summed E-state index contributed by atoms with van der Waals surface area (Å²) in [5.41, 5.74) is 16.8. The van der Waals surface area contributed by atoms with Gasteiger partial charge in [0.25, 0.3) is 10.1 Å². The number of fused-ring (bicyclic) bond motifs is 3. The lowest BCUT2D eigenvalue weighted by molar-refractivity contribution is -0.144. The minimum atomic E-state index is -4.25. The Kier molecular flexibility index (Phi) is 19.9. The van der Waals surface area contributed by atoms with Crippen LogP contribution in [0.1, 0.15) is 107 Å². The first-order valence-corrected chi connectivity index (χ1v) is 30.3. The van der Waals surface area contributed by atoms with Crippen LogP contribution >= 0.6 is 22.7 Å². The van der Waals surface area contributed by atoms with E-state index in [1.807, 2.05) is 125 Å². The van der Waals surface area contributed by atoms with Crippen LogP contribution in [0.15, 0.2) is 77.2 Å². The van der Waals surface area contributed by atoms with E-state index in [1.54, 1.807) is 22.7 Å². The predicted molar refractivity (Wildman–Crippen MR) is 315 cm³/mol. The maximum atomic E-state index is 14.2. The molecule has 6 aromatic rings. The van der Waals surface area contributed by atoms with Gasteiger partial charge in [-0.25, -0.2) is 4.98 Å². The maximum Gasteiger partial charge on any atom is 0.266 e. The Morgan fingerprint density at radius 2 is 1.60 bits per heavy atom. The van der Waals surface area contributed by atoms with E-state index in [2.05, 4.69) is 43.0 Å². The second-order valence-electron chi connectivity index (χ2n) is 21.6. The molecule has 4 amide bonds. The van der Waals surface area contributed by atoms with Crippen molar-refractivity contribution in [1.82, 2.24) is 40.6 Å². The van der Waals surface area contributed by atoms with Gasteiger partial charge in [0, 0.05) is 59.7 Å². The van der Waals surface area contributed by atoms with Crippen LogP contribution in [0.4, 0.5) is 5.69 Å². The first kappa shape index (κ1) is 60.9. The van der Waals surface area contributed by atoms with Gasteiger partial charge in [-0.3, -0.25) is 33.3 Å². The van der Waals surface area contributed by atoms with Crippen molar-refractivity contribution < 1.29 is 46.7 Å². The SMILES string of the molecule is Cc1ncsc1-c1ccc(CNC(=O)[C@@H]2C[C@@H](O)CN2C(=O)[C@@H](NC(=O)CCc2cc(N)cc(CCOCCOCC#Cc3ccc(C4=N[C@@H](CC(=O)NCCS(=O)(=O)O)c5nnc(C)n5-c5sc(C)c(C)c54)cc3)c2)C(C)(C)C)cc1. The Hall–Kier alpha value is -7.17. The number of nitrogen functional groups attached to an aromatic ring is 1. The third-order valence-corrected chi connectivity index (χ3v) is 17.1. The number of amides is 4. The number of benzene rings is 3. The van der Waals surface area contributed by atoms with Gasteiger partial charge in [0.15, 0.2) is 5.82 Å². The first-order valence-electron chi connectivity index (χ1n) is 27.0. The zero-order valence-electron chi connectivity index (χ0n) is 47.1. The van der Waals surface area contributed by atoms with Crippen molar-refractivity contribution in [2.75, 3.05) is 51.0 Å². The van der Waals surface area contributed by atoms with E-state index in [0.29, 0.717) is 55.7 Å². The monoisotopic (exact) mass is 1170 g/mol. The summed E-state index contributed by atoms with van der Waals surface area (Å²) >= 11 is 3.15. The van der Waals surface area contributed by atoms with E-state index in [9.17, 15) is 32.7 Å². The number of anilines is 1. The van der Waals surface area contributed by atoms with Crippen LogP contribution in [0.25, 0.3) is 15.4 Å². The number of thiazole rings is 1. The Morgan fingerprint density at radius 1 is 0.890 bits per heavy atom. The molecule has 0 spiro atoms. The summed E-state index contributed by atoms with van der Waals surface area (Å²) in [5, 5.41) is 28.7. The van der Waals surface area contributed by atoms with Crippen LogP contribution in [0.3, 0.4) is 0 Å². The normalized spacial score (nSPS) is 16.3. The molecule has 0 aliphatic carbocycles. The van der Waals surface area contributed by atoms with Crippen molar-refractivity contribution >= 4 is 67.8 Å². The van der Waals surface area contributed by atoms with Crippen molar-refractivity contribution in [1.29, 1.82) is 0 Å². The average molecular weight is 1180 g/mol. The molecule has 0 saturated carbocycles. The zero-order chi connectivity index (χ0) is 58.9. The highest BCUT2D eigenvalue weighted by molar-refractivity contribution is 7.85. The van der Waals surface area contributed by atoms with Gasteiger partial charge in [-0.15, -0.1) is 32.9 Å². The summed E-state index contributed by atoms with van der Waals surface area (Å²) in [6, 6.07) is 18.6. The number of nitrogens with one attached hydrogen (secondary N) is 3. The molecule has 7 N–H and O–H groups in total. The molecule has 4 atom stereocenters. The Morgan fingerprint density at radius 3 is 2.29 bits per heavy atom. The summed E-state index contributed by atoms with van der Waals surface area (Å²) in [5.74, 6) is 5.13. The van der Waals surface area contributed by atoms with Gasteiger partial charge >= 0.3 is 0 Å². The number of ether oxygens (including phenoxy) is 2. The third-order valence-electron chi connectivity index (χ3n) is 14.2. The minimum Gasteiger partial charge on any atom is -0.399 e. The molecular formula is C59H70N10O10S3. The van der Waals surface area contributed by atoms with Gasteiger partial charge in [0.05, 0.1) is 59.9 Å². The molecule has 0 unspecified atom stereocenters. The largest absolute Gasteiger partial charge is 0.399 e. The number of hydrogen-bond acceptors (Lipinski definition) is 16. The second kappa shape index (κ2) is 26.8. The summed E-state index contributed by atoms with van der Waals surface area (Å²) < 4.78 is 45.1. The maximum absolute atomic E-state index is 14.2. The quantitative estimate of drug-likeness (QED) is 0.0199. The number of nitrogens with zero attached hydrogens (tertiary/aromatic N) is 6. The number of aliphatic hydroxyl groups excluding tert-OH is 1. The van der Waals surface area contributed by atoms with Crippen LogP contribution < -0.4 is 21.7 Å². The smallest absolute Gasteiger partial charge is 0.266 e. The molecule has 82 heavy (non-hydrogen) atoms. The molecule has 1 saturated heterocycles. The van der Waals surface area contributed by atoms with E-state index in [1.165, 1.54) is 4.90 Å². The number of aromatic nitrogens is 4. The van der Waals surface area contributed by atoms with Crippen LogP contribution in [-0.2, 0) is 58.2 Å². The number of likely N-dealkylation sites (tertiary alicyclic amines) is 1. The van der Waals surface area contributed by atoms with Gasteiger partial charge < -0.3 is 41.2 Å². The lowest BCUT2D eigenvalue weighted by Crippen LogP contribution is -2.57. The molecule has 2 aliphatic rings. The molecule has 20 nitrogen and oxygen atoms in total. The highest BCUT2D eigenvalue weighted by Gasteiger charge is 2.44. The van der Waals surface area contributed by atoms with Crippen molar-refractivity contribution in [3.05, 3.63) is 133 Å². The molecule has 23 heteroatoms. The van der Waals surface area contributed by atoms with E-state index >= 15 is 0 Å². The summed E-state index contributed by atoms with van der Waals surface area (Å²) in [6.45, 7) is 14.7. The number of carbonyl (C=O) groups is 4. The first-order chi connectivity index (χ1) is 39.0. The lowest BCUT2D eigenvalue weighted by Gasteiger charge is -2.35. The summed E-state index contributed by atoms with van der Waals surface area (Å²) in [4.78, 5) is 67.3. The van der Waals surface area contributed by atoms with Crippen molar-refractivity contribution in [3.63, 3.8) is 0 Å². The van der Waals surface area contributed by atoms with E-state index in [4.69, 9.17) is 24.8 Å². The van der Waals surface area contributed by atoms with Crippen molar-refractivity contribution in [2.45, 2.75) is 111 Å². The van der Waals surface area contributed by atoms with Gasteiger partial charge in [-0.05, 0) is 98.0 Å². The highest BCUT2D eigenvalue weighted by Crippen LogP contribution is 2.40. The van der Waals surface area contributed by atoms with Crippen molar-refractivity contribution in [3.8, 4) is 27.3 Å². The molecule has 0 bridgehead atoms.